The van der Waals surface area contributed by atoms with Gasteiger partial charge in [-0.1, -0.05) is 0 Å². The Kier molecular flexibility index (Phi) is 3.74. The van der Waals surface area contributed by atoms with Crippen LogP contribution in [-0.4, -0.2) is 18.1 Å². The summed E-state index contributed by atoms with van der Waals surface area (Å²) in [6, 6.07) is 5.65. The van der Waals surface area contributed by atoms with Gasteiger partial charge in [-0.25, -0.2) is 4.98 Å². The number of anilines is 1. The van der Waals surface area contributed by atoms with E-state index in [1.807, 2.05) is 12.1 Å². The summed E-state index contributed by atoms with van der Waals surface area (Å²) in [4.78, 5) is 3.92. The molecule has 1 aromatic heterocycles. The highest BCUT2D eigenvalue weighted by Crippen LogP contribution is 2.09. The van der Waals surface area contributed by atoms with Crippen LogP contribution in [0, 0.1) is 11.3 Å². The van der Waals surface area contributed by atoms with Gasteiger partial charge in [-0.05, 0) is 25.1 Å². The Morgan fingerprint density at radius 3 is 3.15 bits per heavy atom. The number of nitriles is 1. The van der Waals surface area contributed by atoms with Crippen molar-refractivity contribution in [1.29, 1.82) is 5.26 Å². The Hall–Kier alpha value is -1.60. The molecule has 68 valence electrons. The van der Waals surface area contributed by atoms with Crippen LogP contribution in [0.2, 0.25) is 0 Å². The van der Waals surface area contributed by atoms with Crippen molar-refractivity contribution in [2.24, 2.45) is 5.73 Å². The third kappa shape index (κ3) is 2.73. The van der Waals surface area contributed by atoms with Gasteiger partial charge in [0.05, 0.1) is 5.69 Å². The van der Waals surface area contributed by atoms with Gasteiger partial charge in [-0.2, -0.15) is 5.26 Å². The molecule has 1 aromatic rings. The van der Waals surface area contributed by atoms with Gasteiger partial charge in [0, 0.05) is 12.7 Å². The normalized spacial score (nSPS) is 9.23. The highest BCUT2D eigenvalue weighted by atomic mass is 14.9. The van der Waals surface area contributed by atoms with E-state index < -0.39 is 0 Å². The van der Waals surface area contributed by atoms with Gasteiger partial charge < -0.3 is 11.1 Å². The van der Waals surface area contributed by atoms with Gasteiger partial charge >= 0.3 is 0 Å². The number of rotatable bonds is 4. The van der Waals surface area contributed by atoms with E-state index in [9.17, 15) is 0 Å². The number of pyridine rings is 1. The van der Waals surface area contributed by atoms with Gasteiger partial charge in [0.15, 0.2) is 5.69 Å². The van der Waals surface area contributed by atoms with Crippen LogP contribution in [0.5, 0.6) is 0 Å². The molecule has 0 amide bonds. The molecule has 4 heteroatoms. The third-order valence-corrected chi connectivity index (χ3v) is 1.61. The first-order valence-corrected chi connectivity index (χ1v) is 4.17. The molecule has 4 nitrogen and oxygen atoms in total. The highest BCUT2D eigenvalue weighted by molar-refractivity contribution is 5.53. The molecule has 0 unspecified atom stereocenters. The maximum atomic E-state index is 8.70. The number of nitrogens with zero attached hydrogens (tertiary/aromatic N) is 2. The molecule has 1 rings (SSSR count). The minimum absolute atomic E-state index is 0.430. The highest BCUT2D eigenvalue weighted by Gasteiger charge is 1.99. The Labute approximate surface area is 77.4 Å². The Morgan fingerprint density at radius 2 is 2.46 bits per heavy atom. The third-order valence-electron chi connectivity index (χ3n) is 1.61. The van der Waals surface area contributed by atoms with Crippen molar-refractivity contribution in [2.45, 2.75) is 6.42 Å². The van der Waals surface area contributed by atoms with Crippen LogP contribution in [-0.2, 0) is 0 Å². The lowest BCUT2D eigenvalue weighted by Crippen LogP contribution is -2.09. The van der Waals surface area contributed by atoms with E-state index in [0.29, 0.717) is 12.2 Å². The fourth-order valence-electron chi connectivity index (χ4n) is 0.962. The molecule has 0 atom stereocenters. The standard InChI is InChI=1S/C9H12N4/c10-4-2-6-12-8-3-1-5-13-9(8)7-11/h1,3,5,12H,2,4,6,10H2. The average molecular weight is 176 g/mol. The average Bonchev–Trinajstić information content (AvgIpc) is 2.19. The van der Waals surface area contributed by atoms with E-state index in [1.54, 1.807) is 12.3 Å². The predicted molar refractivity (Wildman–Crippen MR) is 51.1 cm³/mol. The first-order valence-electron chi connectivity index (χ1n) is 4.17. The van der Waals surface area contributed by atoms with Crippen LogP contribution >= 0.6 is 0 Å². The van der Waals surface area contributed by atoms with Gasteiger partial charge in [-0.15, -0.1) is 0 Å². The van der Waals surface area contributed by atoms with E-state index in [2.05, 4.69) is 10.3 Å². The molecule has 1 heterocycles. The van der Waals surface area contributed by atoms with Crippen molar-refractivity contribution in [3.05, 3.63) is 24.0 Å². The van der Waals surface area contributed by atoms with Crippen molar-refractivity contribution in [3.8, 4) is 6.07 Å². The van der Waals surface area contributed by atoms with Gasteiger partial charge in [0.1, 0.15) is 6.07 Å². The Balaban J connectivity index is 2.60. The van der Waals surface area contributed by atoms with Crippen LogP contribution in [0.4, 0.5) is 5.69 Å². The maximum Gasteiger partial charge on any atom is 0.163 e. The van der Waals surface area contributed by atoms with Crippen molar-refractivity contribution >= 4 is 5.69 Å². The molecule has 13 heavy (non-hydrogen) atoms. The molecular formula is C9H12N4. The lowest BCUT2D eigenvalue weighted by molar-refractivity contribution is 0.873. The summed E-state index contributed by atoms with van der Waals surface area (Å²) in [5, 5.41) is 11.8. The molecule has 0 spiro atoms. The Bertz CT molecular complexity index is 303. The van der Waals surface area contributed by atoms with Crippen molar-refractivity contribution < 1.29 is 0 Å². The second kappa shape index (κ2) is 5.12. The summed E-state index contributed by atoms with van der Waals surface area (Å²) in [5.74, 6) is 0. The van der Waals surface area contributed by atoms with Gasteiger partial charge in [0.25, 0.3) is 0 Å². The van der Waals surface area contributed by atoms with E-state index in [1.165, 1.54) is 0 Å². The molecule has 0 fully saturated rings. The van der Waals surface area contributed by atoms with Crippen LogP contribution in [0.1, 0.15) is 12.1 Å². The summed E-state index contributed by atoms with van der Waals surface area (Å²) in [6.45, 7) is 1.42. The zero-order chi connectivity index (χ0) is 9.52. The monoisotopic (exact) mass is 176 g/mol. The van der Waals surface area contributed by atoms with E-state index in [4.69, 9.17) is 11.0 Å². The van der Waals surface area contributed by atoms with E-state index in [0.717, 1.165) is 18.7 Å². The molecule has 0 aliphatic carbocycles. The molecule has 0 aliphatic rings. The predicted octanol–water partition coefficient (Wildman–Crippen LogP) is 0.714. The zero-order valence-electron chi connectivity index (χ0n) is 7.33. The van der Waals surface area contributed by atoms with Crippen molar-refractivity contribution in [3.63, 3.8) is 0 Å². The summed E-state index contributed by atoms with van der Waals surface area (Å²) < 4.78 is 0. The summed E-state index contributed by atoms with van der Waals surface area (Å²) >= 11 is 0. The minimum atomic E-state index is 0.430. The quantitative estimate of drug-likeness (QED) is 0.663. The number of hydrogen-bond donors (Lipinski definition) is 2. The van der Waals surface area contributed by atoms with Crippen LogP contribution in [0.15, 0.2) is 18.3 Å². The fraction of sp³-hybridized carbons (Fsp3) is 0.333. The number of nitrogens with two attached hydrogens (primary N) is 1. The smallest absolute Gasteiger partial charge is 0.163 e. The van der Waals surface area contributed by atoms with Gasteiger partial charge in [0.2, 0.25) is 0 Å². The summed E-state index contributed by atoms with van der Waals surface area (Å²) in [5.41, 5.74) is 6.55. The van der Waals surface area contributed by atoms with Crippen molar-refractivity contribution in [1.82, 2.24) is 4.98 Å². The Morgan fingerprint density at radius 1 is 1.62 bits per heavy atom. The SMILES string of the molecule is N#Cc1ncccc1NCCCN. The largest absolute Gasteiger partial charge is 0.383 e. The van der Waals surface area contributed by atoms with Crippen molar-refractivity contribution in [2.75, 3.05) is 18.4 Å². The topological polar surface area (TPSA) is 74.7 Å². The molecule has 0 aromatic carbocycles. The minimum Gasteiger partial charge on any atom is -0.383 e. The molecule has 0 bridgehead atoms. The van der Waals surface area contributed by atoms with Crippen LogP contribution < -0.4 is 11.1 Å². The maximum absolute atomic E-state index is 8.70. The first kappa shape index (κ1) is 9.49. The number of nitrogens with one attached hydrogen (secondary N) is 1. The summed E-state index contributed by atoms with van der Waals surface area (Å²) in [6.07, 6.45) is 2.49. The van der Waals surface area contributed by atoms with Crippen LogP contribution in [0.3, 0.4) is 0 Å². The molecule has 0 saturated carbocycles. The number of aromatic nitrogens is 1. The molecule has 0 radical (unpaired) electrons. The zero-order valence-corrected chi connectivity index (χ0v) is 7.33. The van der Waals surface area contributed by atoms with Crippen LogP contribution in [0.25, 0.3) is 0 Å². The van der Waals surface area contributed by atoms with E-state index in [-0.39, 0.29) is 0 Å². The lowest BCUT2D eigenvalue weighted by Gasteiger charge is -2.05. The fourth-order valence-corrected chi connectivity index (χ4v) is 0.962. The summed E-state index contributed by atoms with van der Waals surface area (Å²) in [7, 11) is 0. The second-order valence-corrected chi connectivity index (χ2v) is 2.58. The second-order valence-electron chi connectivity index (χ2n) is 2.58. The molecule has 3 N–H and O–H groups in total. The first-order chi connectivity index (χ1) is 6.38. The lowest BCUT2D eigenvalue weighted by atomic mass is 10.3. The number of hydrogen-bond acceptors (Lipinski definition) is 4. The molecule has 0 aliphatic heterocycles. The van der Waals surface area contributed by atoms with Gasteiger partial charge in [-0.3, -0.25) is 0 Å². The molecular weight excluding hydrogens is 164 g/mol. The molecule has 0 saturated heterocycles. The van der Waals surface area contributed by atoms with E-state index >= 15 is 0 Å².